The second kappa shape index (κ2) is 7.36. The molecule has 2 heterocycles. The van der Waals surface area contributed by atoms with Gasteiger partial charge in [-0.15, -0.1) is 11.3 Å². The minimum atomic E-state index is -4.12. The fraction of sp³-hybridized carbons (Fsp3) is 0.125. The number of nitro benzene ring substituents is 1. The standard InChI is InChI=1S/C16H13FN2O5S2/c17-15-6-5-14(9-16(15)19(20)21)26(22,23)18(10-12-3-1-7-24-12)11-13-4-2-8-25-13/h1-9H,10-11H2. The molecular formula is C16H13FN2O5S2. The molecule has 10 heteroatoms. The summed E-state index contributed by atoms with van der Waals surface area (Å²) in [6.07, 6.45) is 1.42. The van der Waals surface area contributed by atoms with Crippen LogP contribution in [0.15, 0.2) is 63.4 Å². The van der Waals surface area contributed by atoms with E-state index in [0.29, 0.717) is 5.76 Å². The average Bonchev–Trinajstić information content (AvgIpc) is 3.28. The largest absolute Gasteiger partial charge is 0.468 e. The van der Waals surface area contributed by atoms with Crippen molar-refractivity contribution in [3.8, 4) is 0 Å². The SMILES string of the molecule is O=[N+]([O-])c1cc(S(=O)(=O)N(Cc2ccco2)Cc2cccs2)ccc1F. The van der Waals surface area contributed by atoms with Crippen molar-refractivity contribution in [3.05, 3.63) is 80.7 Å². The van der Waals surface area contributed by atoms with Crippen LogP contribution in [0.2, 0.25) is 0 Å². The Bertz CT molecular complexity index is 965. The Hall–Kier alpha value is -2.56. The maximum absolute atomic E-state index is 13.6. The fourth-order valence-corrected chi connectivity index (χ4v) is 4.53. The molecule has 0 saturated carbocycles. The van der Waals surface area contributed by atoms with Gasteiger partial charge in [0.05, 0.1) is 22.6 Å². The maximum Gasteiger partial charge on any atom is 0.306 e. The molecule has 0 unspecified atom stereocenters. The summed E-state index contributed by atoms with van der Waals surface area (Å²) in [7, 11) is -4.12. The Balaban J connectivity index is 2.00. The highest BCUT2D eigenvalue weighted by molar-refractivity contribution is 7.89. The van der Waals surface area contributed by atoms with Crippen LogP contribution in [0.1, 0.15) is 10.6 Å². The van der Waals surface area contributed by atoms with Gasteiger partial charge >= 0.3 is 5.69 Å². The van der Waals surface area contributed by atoms with E-state index in [1.54, 1.807) is 24.3 Å². The van der Waals surface area contributed by atoms with Gasteiger partial charge < -0.3 is 4.42 Å². The lowest BCUT2D eigenvalue weighted by atomic mass is 10.3. The van der Waals surface area contributed by atoms with E-state index in [0.717, 1.165) is 27.4 Å². The van der Waals surface area contributed by atoms with Crippen LogP contribution in [-0.2, 0) is 23.1 Å². The van der Waals surface area contributed by atoms with Crippen molar-refractivity contribution in [3.63, 3.8) is 0 Å². The second-order valence-corrected chi connectivity index (χ2v) is 8.27. The van der Waals surface area contributed by atoms with Crippen molar-refractivity contribution in [2.75, 3.05) is 0 Å². The molecule has 2 aromatic heterocycles. The number of benzene rings is 1. The van der Waals surface area contributed by atoms with Gasteiger partial charge in [-0.05, 0) is 35.7 Å². The first-order valence-corrected chi connectivity index (χ1v) is 9.69. The smallest absolute Gasteiger partial charge is 0.306 e. The molecule has 0 saturated heterocycles. The van der Waals surface area contributed by atoms with Crippen LogP contribution in [0.3, 0.4) is 0 Å². The first-order chi connectivity index (χ1) is 12.4. The van der Waals surface area contributed by atoms with Gasteiger partial charge in [0.1, 0.15) is 5.76 Å². The molecule has 136 valence electrons. The number of halogens is 1. The third-order valence-corrected chi connectivity index (χ3v) is 6.23. The average molecular weight is 396 g/mol. The van der Waals surface area contributed by atoms with Crippen LogP contribution in [-0.4, -0.2) is 17.6 Å². The molecule has 0 fully saturated rings. The molecule has 1 aromatic carbocycles. The van der Waals surface area contributed by atoms with E-state index < -0.39 is 26.5 Å². The van der Waals surface area contributed by atoms with Crippen LogP contribution in [0.4, 0.5) is 10.1 Å². The highest BCUT2D eigenvalue weighted by Gasteiger charge is 2.29. The summed E-state index contributed by atoms with van der Waals surface area (Å²) >= 11 is 1.38. The van der Waals surface area contributed by atoms with Gasteiger partial charge in [0, 0.05) is 17.5 Å². The van der Waals surface area contributed by atoms with Crippen molar-refractivity contribution in [1.82, 2.24) is 4.31 Å². The van der Waals surface area contributed by atoms with Crippen LogP contribution in [0.25, 0.3) is 0 Å². The lowest BCUT2D eigenvalue weighted by Crippen LogP contribution is -2.30. The summed E-state index contributed by atoms with van der Waals surface area (Å²) in [5.41, 5.74) is -0.889. The summed E-state index contributed by atoms with van der Waals surface area (Å²) in [6, 6.07) is 9.36. The highest BCUT2D eigenvalue weighted by Crippen LogP contribution is 2.27. The number of sulfonamides is 1. The van der Waals surface area contributed by atoms with Crippen molar-refractivity contribution < 1.29 is 22.1 Å². The van der Waals surface area contributed by atoms with E-state index in [1.165, 1.54) is 17.6 Å². The number of thiophene rings is 1. The van der Waals surface area contributed by atoms with E-state index in [-0.39, 0.29) is 18.0 Å². The molecule has 0 aliphatic heterocycles. The van der Waals surface area contributed by atoms with Gasteiger partial charge in [0.2, 0.25) is 15.8 Å². The van der Waals surface area contributed by atoms with Crippen molar-refractivity contribution in [2.45, 2.75) is 18.0 Å². The molecule has 0 spiro atoms. The molecule has 0 atom stereocenters. The number of nitro groups is 1. The molecule has 0 N–H and O–H groups in total. The molecule has 0 aliphatic rings. The number of hydrogen-bond donors (Lipinski definition) is 0. The fourth-order valence-electron chi connectivity index (χ4n) is 2.32. The zero-order valence-corrected chi connectivity index (χ0v) is 14.9. The summed E-state index contributed by atoms with van der Waals surface area (Å²) in [5, 5.41) is 12.7. The molecule has 3 rings (SSSR count). The summed E-state index contributed by atoms with van der Waals surface area (Å²) in [5.74, 6) is -0.675. The van der Waals surface area contributed by atoms with Crippen molar-refractivity contribution in [2.24, 2.45) is 0 Å². The van der Waals surface area contributed by atoms with Crippen LogP contribution < -0.4 is 0 Å². The Kier molecular flexibility index (Phi) is 5.16. The summed E-state index contributed by atoms with van der Waals surface area (Å²) < 4.78 is 45.9. The zero-order valence-electron chi connectivity index (χ0n) is 13.2. The van der Waals surface area contributed by atoms with Crippen molar-refractivity contribution in [1.29, 1.82) is 0 Å². The topological polar surface area (TPSA) is 93.7 Å². The first kappa shape index (κ1) is 18.2. The van der Waals surface area contributed by atoms with E-state index >= 15 is 0 Å². The van der Waals surface area contributed by atoms with Gasteiger partial charge in [-0.25, -0.2) is 8.42 Å². The lowest BCUT2D eigenvalue weighted by Gasteiger charge is -2.20. The number of rotatable bonds is 7. The monoisotopic (exact) mass is 396 g/mol. The minimum Gasteiger partial charge on any atom is -0.468 e. The van der Waals surface area contributed by atoms with E-state index in [2.05, 4.69) is 0 Å². The van der Waals surface area contributed by atoms with E-state index in [1.807, 2.05) is 5.38 Å². The summed E-state index contributed by atoms with van der Waals surface area (Å²) in [6.45, 7) is 0.00425. The first-order valence-electron chi connectivity index (χ1n) is 7.37. The predicted molar refractivity (Wildman–Crippen MR) is 92.5 cm³/mol. The Morgan fingerprint density at radius 3 is 2.62 bits per heavy atom. The van der Waals surface area contributed by atoms with E-state index in [9.17, 15) is 22.9 Å². The molecule has 0 radical (unpaired) electrons. The second-order valence-electron chi connectivity index (χ2n) is 5.30. The third kappa shape index (κ3) is 3.82. The lowest BCUT2D eigenvalue weighted by molar-refractivity contribution is -0.387. The highest BCUT2D eigenvalue weighted by atomic mass is 32.2. The van der Waals surface area contributed by atoms with Gasteiger partial charge in [-0.1, -0.05) is 6.07 Å². The Morgan fingerprint density at radius 1 is 1.19 bits per heavy atom. The molecule has 0 amide bonds. The molecule has 0 bridgehead atoms. The molecule has 3 aromatic rings. The van der Waals surface area contributed by atoms with Gasteiger partial charge in [0.25, 0.3) is 0 Å². The number of furan rings is 1. The Morgan fingerprint density at radius 2 is 2.00 bits per heavy atom. The van der Waals surface area contributed by atoms with Crippen LogP contribution >= 0.6 is 11.3 Å². The Labute approximate surface area is 152 Å². The quantitative estimate of drug-likeness (QED) is 0.447. The van der Waals surface area contributed by atoms with Crippen LogP contribution in [0.5, 0.6) is 0 Å². The van der Waals surface area contributed by atoms with Crippen LogP contribution in [0, 0.1) is 15.9 Å². The number of nitrogens with zero attached hydrogens (tertiary/aromatic N) is 2. The normalized spacial score (nSPS) is 11.8. The van der Waals surface area contributed by atoms with Gasteiger partial charge in [-0.3, -0.25) is 10.1 Å². The number of hydrogen-bond acceptors (Lipinski definition) is 6. The third-order valence-electron chi connectivity index (χ3n) is 3.58. The molecule has 26 heavy (non-hydrogen) atoms. The molecule has 7 nitrogen and oxygen atoms in total. The molecular weight excluding hydrogens is 383 g/mol. The minimum absolute atomic E-state index is 0.0571. The summed E-state index contributed by atoms with van der Waals surface area (Å²) in [4.78, 5) is 10.4. The molecule has 0 aliphatic carbocycles. The van der Waals surface area contributed by atoms with E-state index in [4.69, 9.17) is 4.42 Å². The van der Waals surface area contributed by atoms with Crippen molar-refractivity contribution >= 4 is 27.0 Å². The van der Waals surface area contributed by atoms with Gasteiger partial charge in [-0.2, -0.15) is 8.70 Å². The van der Waals surface area contributed by atoms with Gasteiger partial charge in [0.15, 0.2) is 0 Å². The maximum atomic E-state index is 13.6. The zero-order chi connectivity index (χ0) is 18.7. The predicted octanol–water partition coefficient (Wildman–Crippen LogP) is 3.78.